The summed E-state index contributed by atoms with van der Waals surface area (Å²) in [7, 11) is 0. The standard InChI is InChI=1S/C11H13FO2.C3H6/c1-8-7-9(5-6-10(8)12)3-2-4-11(13)14;1-3-2/h5-7H,2-4H2,1H3,(H,13,14);3H,1H2,2H3. The van der Waals surface area contributed by atoms with Crippen molar-refractivity contribution < 1.29 is 14.3 Å². The third-order valence-electron chi connectivity index (χ3n) is 2.08. The lowest BCUT2D eigenvalue weighted by molar-refractivity contribution is -0.137. The zero-order valence-electron chi connectivity index (χ0n) is 10.4. The van der Waals surface area contributed by atoms with Gasteiger partial charge in [0, 0.05) is 6.42 Å². The van der Waals surface area contributed by atoms with Crippen LogP contribution >= 0.6 is 0 Å². The number of carbonyl (C=O) groups is 1. The van der Waals surface area contributed by atoms with Crippen LogP contribution in [-0.4, -0.2) is 11.1 Å². The highest BCUT2D eigenvalue weighted by Crippen LogP contribution is 2.11. The van der Waals surface area contributed by atoms with Crippen molar-refractivity contribution in [1.82, 2.24) is 0 Å². The van der Waals surface area contributed by atoms with E-state index < -0.39 is 5.97 Å². The van der Waals surface area contributed by atoms with Gasteiger partial charge in [0.05, 0.1) is 0 Å². The minimum atomic E-state index is -0.788. The molecule has 17 heavy (non-hydrogen) atoms. The number of hydrogen-bond acceptors (Lipinski definition) is 1. The number of aliphatic carboxylic acids is 1. The molecule has 0 unspecified atom stereocenters. The van der Waals surface area contributed by atoms with Crippen LogP contribution in [-0.2, 0) is 11.2 Å². The van der Waals surface area contributed by atoms with Crippen LogP contribution in [0, 0.1) is 12.7 Å². The van der Waals surface area contributed by atoms with Gasteiger partial charge in [0.25, 0.3) is 0 Å². The van der Waals surface area contributed by atoms with E-state index in [1.165, 1.54) is 6.07 Å². The van der Waals surface area contributed by atoms with Crippen LogP contribution in [0.1, 0.15) is 30.9 Å². The topological polar surface area (TPSA) is 37.3 Å². The molecule has 3 heteroatoms. The minimum Gasteiger partial charge on any atom is -0.481 e. The van der Waals surface area contributed by atoms with E-state index >= 15 is 0 Å². The molecule has 0 spiro atoms. The second-order valence-electron chi connectivity index (χ2n) is 3.74. The number of benzene rings is 1. The Balaban J connectivity index is 0.000000770. The second kappa shape index (κ2) is 8.50. The average Bonchev–Trinajstić information content (AvgIpc) is 2.24. The molecule has 2 nitrogen and oxygen atoms in total. The maximum absolute atomic E-state index is 12.9. The highest BCUT2D eigenvalue weighted by molar-refractivity contribution is 5.66. The largest absolute Gasteiger partial charge is 0.481 e. The summed E-state index contributed by atoms with van der Waals surface area (Å²) in [6.07, 6.45) is 3.20. The third kappa shape index (κ3) is 7.28. The van der Waals surface area contributed by atoms with Gasteiger partial charge in [-0.1, -0.05) is 18.2 Å². The number of aryl methyl sites for hydroxylation is 2. The van der Waals surface area contributed by atoms with Crippen LogP contribution in [0.3, 0.4) is 0 Å². The fourth-order valence-corrected chi connectivity index (χ4v) is 1.31. The van der Waals surface area contributed by atoms with Gasteiger partial charge in [0.2, 0.25) is 0 Å². The number of halogens is 1. The normalized spacial score (nSPS) is 9.12. The summed E-state index contributed by atoms with van der Waals surface area (Å²) in [5.74, 6) is -1.00. The van der Waals surface area contributed by atoms with Gasteiger partial charge in [-0.05, 0) is 43.9 Å². The minimum absolute atomic E-state index is 0.163. The van der Waals surface area contributed by atoms with Gasteiger partial charge in [-0.3, -0.25) is 4.79 Å². The Morgan fingerprint density at radius 2 is 2.12 bits per heavy atom. The van der Waals surface area contributed by atoms with Gasteiger partial charge < -0.3 is 5.11 Å². The smallest absolute Gasteiger partial charge is 0.303 e. The van der Waals surface area contributed by atoms with Gasteiger partial charge in [0.1, 0.15) is 5.82 Å². The van der Waals surface area contributed by atoms with Crippen LogP contribution in [0.15, 0.2) is 30.9 Å². The number of carboxylic acids is 1. The molecule has 0 bridgehead atoms. The van der Waals surface area contributed by atoms with Crippen molar-refractivity contribution in [2.75, 3.05) is 0 Å². The summed E-state index contributed by atoms with van der Waals surface area (Å²) >= 11 is 0. The second-order valence-corrected chi connectivity index (χ2v) is 3.74. The van der Waals surface area contributed by atoms with E-state index in [2.05, 4.69) is 6.58 Å². The van der Waals surface area contributed by atoms with Gasteiger partial charge in [-0.15, -0.1) is 6.58 Å². The Kier molecular flexibility index (Phi) is 7.68. The first-order chi connectivity index (χ1) is 8.01. The fourth-order valence-electron chi connectivity index (χ4n) is 1.31. The summed E-state index contributed by atoms with van der Waals surface area (Å²) in [6, 6.07) is 4.88. The summed E-state index contributed by atoms with van der Waals surface area (Å²) in [4.78, 5) is 10.3. The molecule has 1 rings (SSSR count). The lowest BCUT2D eigenvalue weighted by Gasteiger charge is -2.02. The number of carboxylic acid groups (broad SMARTS) is 1. The molecule has 0 aliphatic carbocycles. The predicted octanol–water partition coefficient (Wildman–Crippen LogP) is 3.73. The Hall–Kier alpha value is -1.64. The molecule has 1 N–H and O–H groups in total. The fraction of sp³-hybridized carbons (Fsp3) is 0.357. The highest BCUT2D eigenvalue weighted by Gasteiger charge is 2.01. The Morgan fingerprint density at radius 1 is 1.53 bits per heavy atom. The van der Waals surface area contributed by atoms with Gasteiger partial charge in [-0.25, -0.2) is 4.39 Å². The monoisotopic (exact) mass is 238 g/mol. The van der Waals surface area contributed by atoms with E-state index in [0.29, 0.717) is 18.4 Å². The van der Waals surface area contributed by atoms with E-state index in [-0.39, 0.29) is 12.2 Å². The van der Waals surface area contributed by atoms with E-state index in [4.69, 9.17) is 5.11 Å². The molecule has 0 saturated heterocycles. The summed E-state index contributed by atoms with van der Waals surface area (Å²) in [6.45, 7) is 6.95. The molecular formula is C14H19FO2. The van der Waals surface area contributed by atoms with Gasteiger partial charge >= 0.3 is 5.97 Å². The number of hydrogen-bond donors (Lipinski definition) is 1. The van der Waals surface area contributed by atoms with Crippen molar-refractivity contribution in [2.24, 2.45) is 0 Å². The summed E-state index contributed by atoms with van der Waals surface area (Å²) < 4.78 is 12.9. The molecule has 0 fully saturated rings. The predicted molar refractivity (Wildman–Crippen MR) is 67.6 cm³/mol. The first-order valence-corrected chi connectivity index (χ1v) is 5.55. The van der Waals surface area contributed by atoms with Crippen LogP contribution in [0.4, 0.5) is 4.39 Å². The molecule has 0 saturated carbocycles. The molecular weight excluding hydrogens is 219 g/mol. The van der Waals surface area contributed by atoms with Crippen molar-refractivity contribution in [1.29, 1.82) is 0 Å². The van der Waals surface area contributed by atoms with Crippen molar-refractivity contribution >= 4 is 5.97 Å². The van der Waals surface area contributed by atoms with Gasteiger partial charge in [0.15, 0.2) is 0 Å². The maximum atomic E-state index is 12.9. The average molecular weight is 238 g/mol. The molecule has 0 heterocycles. The summed E-state index contributed by atoms with van der Waals surface area (Å²) in [5.41, 5.74) is 1.60. The van der Waals surface area contributed by atoms with Crippen molar-refractivity contribution in [3.8, 4) is 0 Å². The molecule has 0 aliphatic heterocycles. The molecule has 0 amide bonds. The molecule has 0 aromatic heterocycles. The molecule has 1 aromatic rings. The molecule has 0 aliphatic rings. The third-order valence-corrected chi connectivity index (χ3v) is 2.08. The Labute approximate surface area is 102 Å². The van der Waals surface area contributed by atoms with Crippen LogP contribution in [0.25, 0.3) is 0 Å². The number of allylic oxidation sites excluding steroid dienone is 1. The lowest BCUT2D eigenvalue weighted by atomic mass is 10.1. The molecule has 1 aromatic carbocycles. The van der Waals surface area contributed by atoms with E-state index in [0.717, 1.165) is 5.56 Å². The Bertz CT molecular complexity index is 372. The first-order valence-electron chi connectivity index (χ1n) is 5.55. The molecule has 0 atom stereocenters. The molecule has 94 valence electrons. The van der Waals surface area contributed by atoms with Gasteiger partial charge in [-0.2, -0.15) is 0 Å². The molecule has 0 radical (unpaired) electrons. The van der Waals surface area contributed by atoms with E-state index in [9.17, 15) is 9.18 Å². The van der Waals surface area contributed by atoms with E-state index in [1.807, 2.05) is 6.92 Å². The van der Waals surface area contributed by atoms with Crippen molar-refractivity contribution in [3.63, 3.8) is 0 Å². The Morgan fingerprint density at radius 3 is 2.59 bits per heavy atom. The SMILES string of the molecule is C=CC.Cc1cc(CCCC(=O)O)ccc1F. The van der Waals surface area contributed by atoms with E-state index in [1.54, 1.807) is 25.1 Å². The summed E-state index contributed by atoms with van der Waals surface area (Å²) in [5, 5.41) is 8.43. The van der Waals surface area contributed by atoms with Crippen LogP contribution < -0.4 is 0 Å². The van der Waals surface area contributed by atoms with Crippen molar-refractivity contribution in [2.45, 2.75) is 33.1 Å². The highest BCUT2D eigenvalue weighted by atomic mass is 19.1. The lowest BCUT2D eigenvalue weighted by Crippen LogP contribution is -1.96. The zero-order chi connectivity index (χ0) is 13.3. The zero-order valence-corrected chi connectivity index (χ0v) is 10.4. The first kappa shape index (κ1) is 15.4. The van der Waals surface area contributed by atoms with Crippen molar-refractivity contribution in [3.05, 3.63) is 47.8 Å². The number of rotatable bonds is 4. The van der Waals surface area contributed by atoms with Crippen LogP contribution in [0.5, 0.6) is 0 Å². The maximum Gasteiger partial charge on any atom is 0.303 e. The van der Waals surface area contributed by atoms with Crippen LogP contribution in [0.2, 0.25) is 0 Å². The quantitative estimate of drug-likeness (QED) is 0.811.